The highest BCUT2D eigenvalue weighted by Gasteiger charge is 2.28. The first kappa shape index (κ1) is 25.1. The lowest BCUT2D eigenvalue weighted by Gasteiger charge is -2.34. The van der Waals surface area contributed by atoms with Gasteiger partial charge in [-0.2, -0.15) is 0 Å². The summed E-state index contributed by atoms with van der Waals surface area (Å²) in [6.45, 7) is 5.77. The zero-order valence-electron chi connectivity index (χ0n) is 18.7. The number of carbonyl (C=O) groups excluding carboxylic acids is 1. The molecule has 2 aromatic carbocycles. The Labute approximate surface area is 189 Å². The van der Waals surface area contributed by atoms with Crippen molar-refractivity contribution < 1.29 is 24.6 Å². The van der Waals surface area contributed by atoms with E-state index < -0.39 is 11.9 Å². The quantitative estimate of drug-likeness (QED) is 0.669. The second-order valence-electron chi connectivity index (χ2n) is 8.03. The van der Waals surface area contributed by atoms with Crippen LogP contribution in [-0.4, -0.2) is 58.0 Å². The van der Waals surface area contributed by atoms with Crippen molar-refractivity contribution in [3.63, 3.8) is 0 Å². The highest BCUT2D eigenvalue weighted by molar-refractivity contribution is 6.27. The molecule has 172 valence electrons. The summed E-state index contributed by atoms with van der Waals surface area (Å²) >= 11 is 0. The van der Waals surface area contributed by atoms with E-state index in [1.807, 2.05) is 30.1 Å². The van der Waals surface area contributed by atoms with Crippen LogP contribution in [0.25, 0.3) is 0 Å². The maximum absolute atomic E-state index is 12.9. The maximum Gasteiger partial charge on any atom is 0.414 e. The van der Waals surface area contributed by atoms with Crippen LogP contribution in [-0.2, 0) is 33.9 Å². The molecule has 0 aliphatic carbocycles. The fourth-order valence-corrected chi connectivity index (χ4v) is 3.79. The standard InChI is InChI=1S/C23H30N2O.C2H2O4/c1-3-19-11-13-21(14-12-19)17-25-15-7-10-22(18-25)23(26)24(2)16-20-8-5-4-6-9-20;3-1(4)2(5)6/h4-6,8-9,11-14,22H,3,7,10,15-18H2,1-2H3;(H,3,4)(H,5,6). The molecular formula is C25H32N2O5. The summed E-state index contributed by atoms with van der Waals surface area (Å²) in [4.78, 5) is 35.4. The van der Waals surface area contributed by atoms with E-state index in [0.29, 0.717) is 6.54 Å². The number of hydrogen-bond acceptors (Lipinski definition) is 4. The third-order valence-corrected chi connectivity index (χ3v) is 5.51. The van der Waals surface area contributed by atoms with Gasteiger partial charge in [0.2, 0.25) is 5.91 Å². The number of piperidine rings is 1. The number of nitrogens with zero attached hydrogens (tertiary/aromatic N) is 2. The molecule has 1 amide bonds. The van der Waals surface area contributed by atoms with E-state index in [1.165, 1.54) is 16.7 Å². The van der Waals surface area contributed by atoms with Gasteiger partial charge in [-0.25, -0.2) is 9.59 Å². The van der Waals surface area contributed by atoms with E-state index in [9.17, 15) is 4.79 Å². The number of carbonyl (C=O) groups is 3. The predicted octanol–water partition coefficient (Wildman–Crippen LogP) is 3.28. The number of carboxylic acids is 2. The minimum atomic E-state index is -1.82. The van der Waals surface area contributed by atoms with Crippen LogP contribution in [0.1, 0.15) is 36.5 Å². The van der Waals surface area contributed by atoms with Gasteiger partial charge in [-0.15, -0.1) is 0 Å². The molecule has 0 aromatic heterocycles. The fourth-order valence-electron chi connectivity index (χ4n) is 3.79. The zero-order valence-corrected chi connectivity index (χ0v) is 18.7. The lowest BCUT2D eigenvalue weighted by Crippen LogP contribution is -2.43. The molecule has 7 nitrogen and oxygen atoms in total. The second kappa shape index (κ2) is 12.6. The smallest absolute Gasteiger partial charge is 0.414 e. The van der Waals surface area contributed by atoms with Crippen LogP contribution in [0.3, 0.4) is 0 Å². The summed E-state index contributed by atoms with van der Waals surface area (Å²) in [5.74, 6) is -3.25. The van der Waals surface area contributed by atoms with Gasteiger partial charge in [-0.05, 0) is 42.5 Å². The first-order valence-corrected chi connectivity index (χ1v) is 10.9. The predicted molar refractivity (Wildman–Crippen MR) is 122 cm³/mol. The van der Waals surface area contributed by atoms with Gasteiger partial charge in [-0.3, -0.25) is 9.69 Å². The summed E-state index contributed by atoms with van der Waals surface area (Å²) in [5.41, 5.74) is 3.91. The molecule has 1 heterocycles. The van der Waals surface area contributed by atoms with Crippen LogP contribution >= 0.6 is 0 Å². The lowest BCUT2D eigenvalue weighted by molar-refractivity contribution is -0.159. The topological polar surface area (TPSA) is 98.2 Å². The number of amides is 1. The highest BCUT2D eigenvalue weighted by atomic mass is 16.4. The molecule has 1 saturated heterocycles. The number of likely N-dealkylation sites (tertiary alicyclic amines) is 1. The van der Waals surface area contributed by atoms with Gasteiger partial charge in [-0.1, -0.05) is 61.5 Å². The van der Waals surface area contributed by atoms with Gasteiger partial charge in [0.05, 0.1) is 5.92 Å². The molecule has 2 N–H and O–H groups in total. The van der Waals surface area contributed by atoms with Crippen LogP contribution in [0.4, 0.5) is 0 Å². The van der Waals surface area contributed by atoms with E-state index in [0.717, 1.165) is 38.9 Å². The van der Waals surface area contributed by atoms with Crippen molar-refractivity contribution in [3.05, 3.63) is 71.3 Å². The summed E-state index contributed by atoms with van der Waals surface area (Å²) in [7, 11) is 1.93. The Balaban J connectivity index is 0.000000534. The summed E-state index contributed by atoms with van der Waals surface area (Å²) in [6, 6.07) is 19.1. The van der Waals surface area contributed by atoms with E-state index >= 15 is 0 Å². The van der Waals surface area contributed by atoms with Crippen molar-refractivity contribution in [2.75, 3.05) is 20.1 Å². The van der Waals surface area contributed by atoms with E-state index in [4.69, 9.17) is 19.8 Å². The number of rotatable bonds is 6. The second-order valence-corrected chi connectivity index (χ2v) is 8.03. The molecule has 1 fully saturated rings. The molecule has 0 bridgehead atoms. The normalized spacial score (nSPS) is 15.9. The van der Waals surface area contributed by atoms with Gasteiger partial charge >= 0.3 is 11.9 Å². The van der Waals surface area contributed by atoms with Gasteiger partial charge in [0.25, 0.3) is 0 Å². The fraction of sp³-hybridized carbons (Fsp3) is 0.400. The molecule has 7 heteroatoms. The Bertz CT molecular complexity index is 871. The van der Waals surface area contributed by atoms with Gasteiger partial charge in [0.15, 0.2) is 0 Å². The number of aliphatic carboxylic acids is 2. The van der Waals surface area contributed by atoms with Crippen LogP contribution < -0.4 is 0 Å². The van der Waals surface area contributed by atoms with E-state index in [1.54, 1.807) is 0 Å². The maximum atomic E-state index is 12.9. The number of benzene rings is 2. The zero-order chi connectivity index (χ0) is 23.5. The largest absolute Gasteiger partial charge is 0.473 e. The summed E-state index contributed by atoms with van der Waals surface area (Å²) in [5, 5.41) is 14.8. The molecule has 0 spiro atoms. The Hall–Kier alpha value is -3.19. The van der Waals surface area contributed by atoms with Crippen molar-refractivity contribution in [1.82, 2.24) is 9.80 Å². The molecule has 1 aliphatic heterocycles. The van der Waals surface area contributed by atoms with Crippen molar-refractivity contribution >= 4 is 17.8 Å². The molecule has 1 atom stereocenters. The molecule has 2 aromatic rings. The SMILES string of the molecule is CCc1ccc(CN2CCCC(C(=O)N(C)Cc3ccccc3)C2)cc1.O=C(O)C(=O)O. The molecule has 1 unspecified atom stereocenters. The lowest BCUT2D eigenvalue weighted by atomic mass is 9.96. The molecular weight excluding hydrogens is 408 g/mol. The van der Waals surface area contributed by atoms with Crippen LogP contribution in [0, 0.1) is 5.92 Å². The Kier molecular flexibility index (Phi) is 9.88. The summed E-state index contributed by atoms with van der Waals surface area (Å²) in [6.07, 6.45) is 3.18. The van der Waals surface area contributed by atoms with Crippen molar-refractivity contribution in [2.24, 2.45) is 5.92 Å². The number of hydrogen-bond donors (Lipinski definition) is 2. The van der Waals surface area contributed by atoms with Gasteiger partial charge < -0.3 is 15.1 Å². The van der Waals surface area contributed by atoms with Crippen molar-refractivity contribution in [1.29, 1.82) is 0 Å². The van der Waals surface area contributed by atoms with Crippen LogP contribution in [0.2, 0.25) is 0 Å². The highest BCUT2D eigenvalue weighted by Crippen LogP contribution is 2.21. The minimum Gasteiger partial charge on any atom is -0.473 e. The summed E-state index contributed by atoms with van der Waals surface area (Å²) < 4.78 is 0. The van der Waals surface area contributed by atoms with E-state index in [-0.39, 0.29) is 11.8 Å². The Morgan fingerprint density at radius 3 is 2.09 bits per heavy atom. The number of aryl methyl sites for hydroxylation is 1. The van der Waals surface area contributed by atoms with Crippen LogP contribution in [0.15, 0.2) is 54.6 Å². The average molecular weight is 441 g/mol. The van der Waals surface area contributed by atoms with Gasteiger partial charge in [0.1, 0.15) is 0 Å². The Morgan fingerprint density at radius 1 is 0.938 bits per heavy atom. The monoisotopic (exact) mass is 440 g/mol. The molecule has 0 saturated carbocycles. The first-order chi connectivity index (χ1) is 15.3. The third-order valence-electron chi connectivity index (χ3n) is 5.51. The Morgan fingerprint density at radius 2 is 1.53 bits per heavy atom. The first-order valence-electron chi connectivity index (χ1n) is 10.9. The van der Waals surface area contributed by atoms with Crippen LogP contribution in [0.5, 0.6) is 0 Å². The van der Waals surface area contributed by atoms with Crippen molar-refractivity contribution in [2.45, 2.75) is 39.3 Å². The average Bonchev–Trinajstić information content (AvgIpc) is 2.80. The minimum absolute atomic E-state index is 0.118. The molecule has 3 rings (SSSR count). The van der Waals surface area contributed by atoms with Gasteiger partial charge in [0, 0.05) is 26.7 Å². The third kappa shape index (κ3) is 8.15. The molecule has 0 radical (unpaired) electrons. The van der Waals surface area contributed by atoms with Crippen molar-refractivity contribution in [3.8, 4) is 0 Å². The molecule has 32 heavy (non-hydrogen) atoms. The number of carboxylic acid groups (broad SMARTS) is 2. The molecule has 1 aliphatic rings. The van der Waals surface area contributed by atoms with E-state index in [2.05, 4.69) is 48.2 Å².